The molecule has 0 unspecified atom stereocenters. The van der Waals surface area contributed by atoms with Crippen molar-refractivity contribution in [2.45, 2.75) is 25.3 Å². The van der Waals surface area contributed by atoms with Crippen LogP contribution in [-0.2, 0) is 27.2 Å². The molecule has 1 aliphatic heterocycles. The second-order valence-corrected chi connectivity index (χ2v) is 7.23. The van der Waals surface area contributed by atoms with Crippen LogP contribution in [0.25, 0.3) is 0 Å². The fourth-order valence-electron chi connectivity index (χ4n) is 3.64. The van der Waals surface area contributed by atoms with Crippen molar-refractivity contribution in [3.05, 3.63) is 68.5 Å². The van der Waals surface area contributed by atoms with Crippen molar-refractivity contribution in [1.29, 1.82) is 0 Å². The fraction of sp³-hybridized carbons (Fsp3) is 0.474. The third kappa shape index (κ3) is 4.36. The van der Waals surface area contributed by atoms with Gasteiger partial charge in [0.15, 0.2) is 0 Å². The van der Waals surface area contributed by atoms with Crippen LogP contribution in [0.2, 0.25) is 0 Å². The molecular weight excluding hydrogens is 373 g/mol. The van der Waals surface area contributed by atoms with Crippen LogP contribution >= 0.6 is 0 Å². The van der Waals surface area contributed by atoms with Crippen molar-refractivity contribution in [1.82, 2.24) is 19.4 Å². The second kappa shape index (κ2) is 7.92. The average molecular weight is 396 g/mol. The van der Waals surface area contributed by atoms with Crippen LogP contribution in [0.4, 0.5) is 13.2 Å². The molecule has 0 spiro atoms. The number of likely N-dealkylation sites (tertiary alicyclic amines) is 1. The van der Waals surface area contributed by atoms with Gasteiger partial charge in [-0.1, -0.05) is 30.3 Å². The number of rotatable bonds is 5. The monoisotopic (exact) mass is 396 g/mol. The van der Waals surface area contributed by atoms with Crippen molar-refractivity contribution in [3.63, 3.8) is 0 Å². The summed E-state index contributed by atoms with van der Waals surface area (Å²) in [5.41, 5.74) is 0.234. The molecule has 2 atom stereocenters. The Morgan fingerprint density at radius 1 is 1.11 bits per heavy atom. The molecule has 0 bridgehead atoms. The highest BCUT2D eigenvalue weighted by Gasteiger charge is 2.49. The number of aryl methyl sites for hydroxylation is 1. The maximum absolute atomic E-state index is 13.5. The normalized spacial score (nSPS) is 20.6. The van der Waals surface area contributed by atoms with Crippen LogP contribution < -0.4 is 16.6 Å². The summed E-state index contributed by atoms with van der Waals surface area (Å²) in [4.78, 5) is 25.7. The topological polar surface area (TPSA) is 59.3 Å². The molecule has 2 aromatic rings. The summed E-state index contributed by atoms with van der Waals surface area (Å²) in [6.45, 7) is 0.539. The maximum Gasteiger partial charge on any atom is 0.394 e. The van der Waals surface area contributed by atoms with Crippen molar-refractivity contribution in [2.24, 2.45) is 20.0 Å². The van der Waals surface area contributed by atoms with Crippen LogP contribution in [0.5, 0.6) is 0 Å². The number of nitrogens with one attached hydrogen (secondary N) is 1. The summed E-state index contributed by atoms with van der Waals surface area (Å²) in [5.74, 6) is -1.52. The molecule has 0 aliphatic carbocycles. The van der Waals surface area contributed by atoms with Gasteiger partial charge >= 0.3 is 11.9 Å². The van der Waals surface area contributed by atoms with Crippen molar-refractivity contribution >= 4 is 0 Å². The Hall–Kier alpha value is -2.39. The average Bonchev–Trinajstić information content (AvgIpc) is 3.06. The Bertz CT molecular complexity index is 937. The van der Waals surface area contributed by atoms with E-state index in [1.165, 1.54) is 24.9 Å². The quantitative estimate of drug-likeness (QED) is 0.826. The standard InChI is InChI=1S/C19H23F3N4O2/c1-24-10-14(17(27)25(2)18(24)28)8-23-16-12-26(11-15(16)19(20,21)22)9-13-6-4-3-5-7-13/h3-7,10,15-16,23H,8-9,11-12H2,1-2H3/t15-,16-/m1/s1. The lowest BCUT2D eigenvalue weighted by atomic mass is 10.0. The molecule has 0 radical (unpaired) electrons. The molecule has 1 fully saturated rings. The first-order valence-electron chi connectivity index (χ1n) is 8.98. The summed E-state index contributed by atoms with van der Waals surface area (Å²) in [7, 11) is 2.85. The zero-order valence-corrected chi connectivity index (χ0v) is 15.7. The summed E-state index contributed by atoms with van der Waals surface area (Å²) in [6.07, 6.45) is -2.96. The van der Waals surface area contributed by atoms with Gasteiger partial charge in [0.1, 0.15) is 0 Å². The first-order chi connectivity index (χ1) is 13.2. The highest BCUT2D eigenvalue weighted by Crippen LogP contribution is 2.34. The van der Waals surface area contributed by atoms with E-state index < -0.39 is 29.4 Å². The maximum atomic E-state index is 13.5. The second-order valence-electron chi connectivity index (χ2n) is 7.23. The van der Waals surface area contributed by atoms with Gasteiger partial charge in [0.25, 0.3) is 5.56 Å². The third-order valence-corrected chi connectivity index (χ3v) is 5.14. The van der Waals surface area contributed by atoms with E-state index in [9.17, 15) is 22.8 Å². The number of nitrogens with zero attached hydrogens (tertiary/aromatic N) is 3. The molecule has 6 nitrogen and oxygen atoms in total. The van der Waals surface area contributed by atoms with Gasteiger partial charge in [0.2, 0.25) is 0 Å². The van der Waals surface area contributed by atoms with Crippen molar-refractivity contribution in [3.8, 4) is 0 Å². The first-order valence-corrected chi connectivity index (χ1v) is 8.98. The Labute approximate surface area is 160 Å². The van der Waals surface area contributed by atoms with Crippen LogP contribution in [0.1, 0.15) is 11.1 Å². The minimum absolute atomic E-state index is 0.0305. The lowest BCUT2D eigenvalue weighted by Crippen LogP contribution is -2.44. The molecule has 0 amide bonds. The summed E-state index contributed by atoms with van der Waals surface area (Å²) in [6, 6.07) is 8.53. The minimum Gasteiger partial charge on any atom is -0.308 e. The highest BCUT2D eigenvalue weighted by atomic mass is 19.4. The molecule has 9 heteroatoms. The molecule has 3 rings (SSSR count). The van der Waals surface area contributed by atoms with E-state index in [4.69, 9.17) is 0 Å². The van der Waals surface area contributed by atoms with Crippen LogP contribution in [0.3, 0.4) is 0 Å². The zero-order valence-electron chi connectivity index (χ0n) is 15.7. The van der Waals surface area contributed by atoms with Crippen LogP contribution in [0, 0.1) is 5.92 Å². The SMILES string of the molecule is Cn1cc(CN[C@@H]2CN(Cc3ccccc3)C[C@H]2C(F)(F)F)c(=O)n(C)c1=O. The highest BCUT2D eigenvalue weighted by molar-refractivity contribution is 5.15. The minimum atomic E-state index is -4.34. The van der Waals surface area contributed by atoms with E-state index in [0.29, 0.717) is 6.54 Å². The number of aromatic nitrogens is 2. The number of benzene rings is 1. The smallest absolute Gasteiger partial charge is 0.308 e. The van der Waals surface area contributed by atoms with Gasteiger partial charge in [0, 0.05) is 58.1 Å². The Morgan fingerprint density at radius 3 is 2.43 bits per heavy atom. The molecule has 2 heterocycles. The molecule has 0 saturated carbocycles. The molecule has 1 aromatic heterocycles. The summed E-state index contributed by atoms with van der Waals surface area (Å²) >= 11 is 0. The fourth-order valence-corrected chi connectivity index (χ4v) is 3.64. The Balaban J connectivity index is 1.74. The molecule has 28 heavy (non-hydrogen) atoms. The van der Waals surface area contributed by atoms with Gasteiger partial charge in [-0.25, -0.2) is 4.79 Å². The van der Waals surface area contributed by atoms with E-state index in [2.05, 4.69) is 5.32 Å². The van der Waals surface area contributed by atoms with Gasteiger partial charge in [-0.3, -0.25) is 14.3 Å². The zero-order chi connectivity index (χ0) is 20.5. The predicted molar refractivity (Wildman–Crippen MR) is 98.8 cm³/mol. The number of hydrogen-bond donors (Lipinski definition) is 1. The van der Waals surface area contributed by atoms with Gasteiger partial charge in [0.05, 0.1) is 5.92 Å². The van der Waals surface area contributed by atoms with Gasteiger partial charge in [-0.15, -0.1) is 0 Å². The van der Waals surface area contributed by atoms with E-state index in [-0.39, 0.29) is 25.2 Å². The molecule has 152 valence electrons. The molecular formula is C19H23F3N4O2. The van der Waals surface area contributed by atoms with E-state index in [1.807, 2.05) is 30.3 Å². The van der Waals surface area contributed by atoms with E-state index >= 15 is 0 Å². The molecule has 1 aliphatic rings. The lowest BCUT2D eigenvalue weighted by Gasteiger charge is -2.22. The number of hydrogen-bond acceptors (Lipinski definition) is 4. The Morgan fingerprint density at radius 2 is 1.79 bits per heavy atom. The largest absolute Gasteiger partial charge is 0.394 e. The van der Waals surface area contributed by atoms with E-state index in [1.54, 1.807) is 4.90 Å². The van der Waals surface area contributed by atoms with Gasteiger partial charge in [-0.05, 0) is 5.56 Å². The van der Waals surface area contributed by atoms with Crippen molar-refractivity contribution < 1.29 is 13.2 Å². The van der Waals surface area contributed by atoms with Gasteiger partial charge < -0.3 is 9.88 Å². The van der Waals surface area contributed by atoms with Crippen LogP contribution in [0.15, 0.2) is 46.1 Å². The molecule has 1 N–H and O–H groups in total. The van der Waals surface area contributed by atoms with Crippen molar-refractivity contribution in [2.75, 3.05) is 13.1 Å². The van der Waals surface area contributed by atoms with E-state index in [0.717, 1.165) is 10.1 Å². The summed E-state index contributed by atoms with van der Waals surface area (Å²) in [5, 5.41) is 2.89. The first kappa shape index (κ1) is 20.3. The molecule has 1 aromatic carbocycles. The Kier molecular flexibility index (Phi) is 5.76. The number of alkyl halides is 3. The molecule has 1 saturated heterocycles. The lowest BCUT2D eigenvalue weighted by molar-refractivity contribution is -0.175. The summed E-state index contributed by atoms with van der Waals surface area (Å²) < 4.78 is 42.8. The third-order valence-electron chi connectivity index (χ3n) is 5.14. The van der Waals surface area contributed by atoms with Gasteiger partial charge in [-0.2, -0.15) is 13.2 Å². The van der Waals surface area contributed by atoms with Crippen LogP contribution in [-0.4, -0.2) is 39.3 Å². The predicted octanol–water partition coefficient (Wildman–Crippen LogP) is 1.24. The number of halogens is 3.